The molecule has 1 amide bonds. The lowest BCUT2D eigenvalue weighted by Crippen LogP contribution is -2.41. The Balaban J connectivity index is 1.25. The van der Waals surface area contributed by atoms with E-state index in [9.17, 15) is 13.2 Å². The van der Waals surface area contributed by atoms with Crippen molar-refractivity contribution in [3.05, 3.63) is 47.2 Å². The lowest BCUT2D eigenvalue weighted by Gasteiger charge is -2.30. The Bertz CT molecular complexity index is 1390. The van der Waals surface area contributed by atoms with Gasteiger partial charge in [-0.05, 0) is 56.3 Å². The third kappa shape index (κ3) is 4.07. The number of benzene rings is 1. The summed E-state index contributed by atoms with van der Waals surface area (Å²) in [6.07, 6.45) is 0.895. The van der Waals surface area contributed by atoms with Crippen LogP contribution in [0.3, 0.4) is 0 Å². The largest absolute Gasteiger partial charge is 0.360 e. The van der Waals surface area contributed by atoms with Crippen LogP contribution in [-0.2, 0) is 14.8 Å². The minimum atomic E-state index is -3.69. The van der Waals surface area contributed by atoms with Crippen LogP contribution in [0.25, 0.3) is 21.7 Å². The molecule has 3 aromatic heterocycles. The molecule has 1 fully saturated rings. The smallest absolute Gasteiger partial charge is 0.248 e. The summed E-state index contributed by atoms with van der Waals surface area (Å²) < 4.78 is 32.4. The number of hydrogen-bond acceptors (Lipinski definition) is 7. The molecule has 0 spiro atoms. The second kappa shape index (κ2) is 8.40. The summed E-state index contributed by atoms with van der Waals surface area (Å²) in [5.41, 5.74) is 2.70. The summed E-state index contributed by atoms with van der Waals surface area (Å²) >= 11 is 1.61. The number of piperidine rings is 1. The second-order valence-electron chi connectivity index (χ2n) is 8.12. The van der Waals surface area contributed by atoms with Gasteiger partial charge >= 0.3 is 0 Å². The number of anilines is 1. The van der Waals surface area contributed by atoms with E-state index in [0.29, 0.717) is 24.2 Å². The highest BCUT2D eigenvalue weighted by atomic mass is 32.2. The maximum Gasteiger partial charge on any atom is 0.248 e. The Hall–Kier alpha value is -3.02. The molecule has 0 unspecified atom stereocenters. The van der Waals surface area contributed by atoms with Gasteiger partial charge in [-0.1, -0.05) is 11.2 Å². The Morgan fingerprint density at radius 3 is 2.70 bits per heavy atom. The summed E-state index contributed by atoms with van der Waals surface area (Å²) in [6, 6.07) is 9.55. The van der Waals surface area contributed by atoms with E-state index >= 15 is 0 Å². The number of fused-ring (bicyclic) bond motifs is 1. The van der Waals surface area contributed by atoms with Gasteiger partial charge in [-0.25, -0.2) is 13.4 Å². The van der Waals surface area contributed by atoms with E-state index in [4.69, 9.17) is 4.52 Å². The van der Waals surface area contributed by atoms with E-state index in [1.54, 1.807) is 25.2 Å². The van der Waals surface area contributed by atoms with E-state index in [-0.39, 0.29) is 35.6 Å². The molecule has 0 radical (unpaired) electrons. The number of nitrogens with one attached hydrogen (secondary N) is 2. The van der Waals surface area contributed by atoms with Crippen LogP contribution in [0.15, 0.2) is 45.1 Å². The van der Waals surface area contributed by atoms with Crippen LogP contribution in [0, 0.1) is 19.8 Å². The first-order chi connectivity index (χ1) is 15.8. The summed E-state index contributed by atoms with van der Waals surface area (Å²) in [6.45, 7) is 3.75. The highest BCUT2D eigenvalue weighted by Crippen LogP contribution is 2.29. The fraction of sp³-hybridized carbons (Fsp3) is 0.318. The van der Waals surface area contributed by atoms with Gasteiger partial charge in [0.1, 0.15) is 16.4 Å². The second-order valence-corrected chi connectivity index (χ2v) is 10.9. The molecule has 9 nitrogen and oxygen atoms in total. The van der Waals surface area contributed by atoms with Gasteiger partial charge in [-0.3, -0.25) is 4.79 Å². The van der Waals surface area contributed by atoms with Gasteiger partial charge < -0.3 is 14.8 Å². The van der Waals surface area contributed by atoms with Crippen molar-refractivity contribution in [2.45, 2.75) is 31.6 Å². The number of carbonyl (C=O) groups excluding carboxylic acids is 1. The van der Waals surface area contributed by atoms with E-state index in [2.05, 4.69) is 20.4 Å². The highest BCUT2D eigenvalue weighted by Gasteiger charge is 2.35. The molecule has 2 N–H and O–H groups in total. The van der Waals surface area contributed by atoms with E-state index in [1.807, 2.05) is 35.7 Å². The quantitative estimate of drug-likeness (QED) is 0.442. The van der Waals surface area contributed by atoms with E-state index < -0.39 is 10.0 Å². The van der Waals surface area contributed by atoms with Crippen LogP contribution in [0.2, 0.25) is 0 Å². The molecular weight excluding hydrogens is 462 g/mol. The number of H-pyrrole nitrogens is 1. The monoisotopic (exact) mass is 485 g/mol. The molecule has 4 aromatic rings. The van der Waals surface area contributed by atoms with E-state index in [1.165, 1.54) is 4.31 Å². The van der Waals surface area contributed by atoms with Gasteiger partial charge in [0.15, 0.2) is 5.76 Å². The average Bonchev–Trinajstić information content (AvgIpc) is 3.53. The predicted molar refractivity (Wildman–Crippen MR) is 125 cm³/mol. The Morgan fingerprint density at radius 1 is 1.24 bits per heavy atom. The van der Waals surface area contributed by atoms with Gasteiger partial charge in [-0.15, -0.1) is 11.3 Å². The number of amides is 1. The molecule has 0 aliphatic carbocycles. The molecule has 1 aromatic carbocycles. The van der Waals surface area contributed by atoms with Gasteiger partial charge in [-0.2, -0.15) is 4.31 Å². The number of carbonyl (C=O) groups is 1. The predicted octanol–water partition coefficient (Wildman–Crippen LogP) is 3.94. The topological polar surface area (TPSA) is 121 Å². The summed E-state index contributed by atoms with van der Waals surface area (Å²) in [5.74, 6) is 0.709. The number of hydrogen-bond donors (Lipinski definition) is 2. The number of sulfonamides is 1. The van der Waals surface area contributed by atoms with Gasteiger partial charge in [0.2, 0.25) is 15.9 Å². The molecule has 5 rings (SSSR count). The SMILES string of the molecule is Cc1noc(C)c1S(=O)(=O)N1CCC(C(=O)Nc2ccc3nc(-c4cccs4)[nH]c3c2)CC1. The zero-order valence-electron chi connectivity index (χ0n) is 18.2. The molecule has 172 valence electrons. The maximum atomic E-state index is 13.0. The third-order valence-electron chi connectivity index (χ3n) is 5.89. The number of imidazole rings is 1. The number of aromatic amines is 1. The summed E-state index contributed by atoms with van der Waals surface area (Å²) in [4.78, 5) is 21.9. The molecule has 0 bridgehead atoms. The average molecular weight is 486 g/mol. The van der Waals surface area contributed by atoms with Gasteiger partial charge in [0.25, 0.3) is 0 Å². The summed E-state index contributed by atoms with van der Waals surface area (Å²) in [5, 5.41) is 8.72. The molecule has 4 heterocycles. The van der Waals surface area contributed by atoms with Crippen molar-refractivity contribution >= 4 is 44.0 Å². The van der Waals surface area contributed by atoms with Crippen molar-refractivity contribution < 1.29 is 17.7 Å². The van der Waals surface area contributed by atoms with Crippen molar-refractivity contribution in [3.8, 4) is 10.7 Å². The first-order valence-corrected chi connectivity index (χ1v) is 12.9. The molecule has 0 saturated carbocycles. The maximum absolute atomic E-state index is 13.0. The normalized spacial score (nSPS) is 15.8. The Kier molecular flexibility index (Phi) is 5.55. The van der Waals surface area contributed by atoms with Crippen molar-refractivity contribution in [2.24, 2.45) is 5.92 Å². The molecule has 1 aliphatic rings. The first kappa shape index (κ1) is 21.8. The molecule has 1 saturated heterocycles. The minimum absolute atomic E-state index is 0.110. The molecular formula is C22H23N5O4S2. The molecule has 33 heavy (non-hydrogen) atoms. The third-order valence-corrected chi connectivity index (χ3v) is 8.91. The van der Waals surface area contributed by atoms with Crippen molar-refractivity contribution in [3.63, 3.8) is 0 Å². The fourth-order valence-electron chi connectivity index (χ4n) is 4.19. The standard InChI is InChI=1S/C22H23N5O4S2/c1-13-20(14(2)31-26-13)33(29,30)27-9-7-15(8-10-27)22(28)23-16-5-6-17-18(12-16)25-21(24-17)19-4-3-11-32-19/h3-6,11-12,15H,7-10H2,1-2H3,(H,23,28)(H,24,25). The Labute approximate surface area is 194 Å². The minimum Gasteiger partial charge on any atom is -0.360 e. The number of nitrogens with zero attached hydrogens (tertiary/aromatic N) is 3. The van der Waals surface area contributed by atoms with Crippen LogP contribution in [-0.4, -0.2) is 46.8 Å². The number of aryl methyl sites for hydroxylation is 2. The number of rotatable bonds is 5. The molecule has 11 heteroatoms. The van der Waals surface area contributed by atoms with Crippen molar-refractivity contribution in [1.29, 1.82) is 0 Å². The van der Waals surface area contributed by atoms with Crippen molar-refractivity contribution in [2.75, 3.05) is 18.4 Å². The van der Waals surface area contributed by atoms with Gasteiger partial charge in [0, 0.05) is 24.7 Å². The lowest BCUT2D eigenvalue weighted by atomic mass is 9.97. The molecule has 0 atom stereocenters. The van der Waals surface area contributed by atoms with Gasteiger partial charge in [0.05, 0.1) is 15.9 Å². The lowest BCUT2D eigenvalue weighted by molar-refractivity contribution is -0.120. The Morgan fingerprint density at radius 2 is 2.03 bits per heavy atom. The van der Waals surface area contributed by atoms with Crippen LogP contribution in [0.4, 0.5) is 5.69 Å². The zero-order chi connectivity index (χ0) is 23.2. The first-order valence-electron chi connectivity index (χ1n) is 10.6. The number of thiophene rings is 1. The van der Waals surface area contributed by atoms with Crippen molar-refractivity contribution in [1.82, 2.24) is 19.4 Å². The molecule has 1 aliphatic heterocycles. The van der Waals surface area contributed by atoms with Crippen LogP contribution < -0.4 is 5.32 Å². The highest BCUT2D eigenvalue weighted by molar-refractivity contribution is 7.89. The zero-order valence-corrected chi connectivity index (χ0v) is 19.8. The van der Waals surface area contributed by atoms with Crippen LogP contribution >= 0.6 is 11.3 Å². The fourth-order valence-corrected chi connectivity index (χ4v) is 6.62. The van der Waals surface area contributed by atoms with Crippen LogP contribution in [0.5, 0.6) is 0 Å². The van der Waals surface area contributed by atoms with E-state index in [0.717, 1.165) is 21.7 Å². The summed E-state index contributed by atoms with van der Waals surface area (Å²) in [7, 11) is -3.69. The number of aromatic nitrogens is 3. The van der Waals surface area contributed by atoms with Crippen LogP contribution in [0.1, 0.15) is 24.3 Å².